The fraction of sp³-hybridized carbons (Fsp3) is 0.0435. The molecule has 4 nitrogen and oxygen atoms in total. The van der Waals surface area contributed by atoms with Gasteiger partial charge in [0.25, 0.3) is 0 Å². The number of benzene rings is 4. The Bertz CT molecular complexity index is 1120. The average Bonchev–Trinajstić information content (AvgIpc) is 2.74. The summed E-state index contributed by atoms with van der Waals surface area (Å²) in [5.41, 5.74) is 4.82. The number of nitrogens with zero attached hydrogens (tertiary/aromatic N) is 1. The lowest BCUT2D eigenvalue weighted by Gasteiger charge is -2.09. The van der Waals surface area contributed by atoms with E-state index >= 15 is 0 Å². The maximum absolute atomic E-state index is 5.34. The molecule has 0 saturated heterocycles. The number of fused-ring (bicyclic) bond motifs is 2. The SMILES string of the molecule is COc1ccc(NC(=S)N/N=C\c2c3ccccc3cc3ccccc23)cc1. The van der Waals surface area contributed by atoms with Crippen LogP contribution in [0, 0.1) is 0 Å². The van der Waals surface area contributed by atoms with Gasteiger partial charge < -0.3 is 10.1 Å². The number of thiocarbonyl (C=S) groups is 1. The molecule has 0 aliphatic rings. The molecule has 0 unspecified atom stereocenters. The van der Waals surface area contributed by atoms with Gasteiger partial charge in [-0.15, -0.1) is 0 Å². The van der Waals surface area contributed by atoms with E-state index in [0.717, 1.165) is 27.8 Å². The molecule has 0 aliphatic carbocycles. The summed E-state index contributed by atoms with van der Waals surface area (Å²) in [4.78, 5) is 0. The van der Waals surface area contributed by atoms with Gasteiger partial charge in [-0.2, -0.15) is 5.10 Å². The number of methoxy groups -OCH3 is 1. The zero-order chi connectivity index (χ0) is 19.3. The van der Waals surface area contributed by atoms with E-state index in [1.165, 1.54) is 10.8 Å². The molecule has 0 saturated carbocycles. The van der Waals surface area contributed by atoms with E-state index in [-0.39, 0.29) is 0 Å². The second kappa shape index (κ2) is 8.06. The molecular weight excluding hydrogens is 366 g/mol. The van der Waals surface area contributed by atoms with Gasteiger partial charge in [0.15, 0.2) is 5.11 Å². The highest BCUT2D eigenvalue weighted by Crippen LogP contribution is 2.27. The first-order valence-electron chi connectivity index (χ1n) is 8.89. The zero-order valence-corrected chi connectivity index (χ0v) is 16.2. The van der Waals surface area contributed by atoms with Crippen LogP contribution in [0.25, 0.3) is 21.5 Å². The van der Waals surface area contributed by atoms with Crippen LogP contribution >= 0.6 is 12.2 Å². The predicted octanol–water partition coefficient (Wildman–Crippen LogP) is 5.32. The van der Waals surface area contributed by atoms with Crippen molar-refractivity contribution in [1.82, 2.24) is 5.43 Å². The molecule has 0 fully saturated rings. The van der Waals surface area contributed by atoms with Crippen molar-refractivity contribution in [2.75, 3.05) is 12.4 Å². The molecule has 0 aliphatic heterocycles. The maximum Gasteiger partial charge on any atom is 0.191 e. The Hall–Kier alpha value is -3.44. The van der Waals surface area contributed by atoms with Crippen LogP contribution in [0.3, 0.4) is 0 Å². The smallest absolute Gasteiger partial charge is 0.191 e. The predicted molar refractivity (Wildman–Crippen MR) is 121 cm³/mol. The Morgan fingerprint density at radius 2 is 1.50 bits per heavy atom. The molecule has 0 heterocycles. The van der Waals surface area contributed by atoms with Gasteiger partial charge in [0.05, 0.1) is 13.3 Å². The minimum absolute atomic E-state index is 0.422. The van der Waals surface area contributed by atoms with Gasteiger partial charge in [0.2, 0.25) is 0 Å². The molecule has 0 spiro atoms. The fourth-order valence-corrected chi connectivity index (χ4v) is 3.35. The molecule has 0 aromatic heterocycles. The molecule has 28 heavy (non-hydrogen) atoms. The number of nitrogens with one attached hydrogen (secondary N) is 2. The van der Waals surface area contributed by atoms with Gasteiger partial charge in [0, 0.05) is 11.3 Å². The zero-order valence-electron chi connectivity index (χ0n) is 15.3. The van der Waals surface area contributed by atoms with Crippen molar-refractivity contribution in [3.63, 3.8) is 0 Å². The Balaban J connectivity index is 1.56. The third kappa shape index (κ3) is 3.80. The van der Waals surface area contributed by atoms with Crippen LogP contribution in [-0.2, 0) is 0 Å². The van der Waals surface area contributed by atoms with Crippen LogP contribution < -0.4 is 15.5 Å². The first-order chi connectivity index (χ1) is 13.7. The Morgan fingerprint density at radius 1 is 0.893 bits per heavy atom. The molecule has 4 aromatic carbocycles. The summed E-state index contributed by atoms with van der Waals surface area (Å²) in [5.74, 6) is 0.797. The van der Waals surface area contributed by atoms with Crippen LogP contribution in [0.15, 0.2) is 84.0 Å². The monoisotopic (exact) mass is 385 g/mol. The highest BCUT2D eigenvalue weighted by Gasteiger charge is 2.05. The average molecular weight is 385 g/mol. The molecule has 138 valence electrons. The normalized spacial score (nSPS) is 11.0. The number of anilines is 1. The van der Waals surface area contributed by atoms with Crippen molar-refractivity contribution in [1.29, 1.82) is 0 Å². The number of hydrazone groups is 1. The van der Waals surface area contributed by atoms with E-state index in [2.05, 4.69) is 46.2 Å². The first kappa shape index (κ1) is 17.9. The highest BCUT2D eigenvalue weighted by molar-refractivity contribution is 7.80. The summed E-state index contributed by atoms with van der Waals surface area (Å²) in [6.07, 6.45) is 1.83. The number of hydrogen-bond acceptors (Lipinski definition) is 3. The maximum atomic E-state index is 5.34. The van der Waals surface area contributed by atoms with Gasteiger partial charge in [-0.05, 0) is 64.1 Å². The second-order valence-corrected chi connectivity index (χ2v) is 6.69. The van der Waals surface area contributed by atoms with Crippen LogP contribution in [0.5, 0.6) is 5.75 Å². The molecular formula is C23H19N3OS. The molecule has 0 bridgehead atoms. The van der Waals surface area contributed by atoms with Gasteiger partial charge in [-0.25, -0.2) is 0 Å². The van der Waals surface area contributed by atoms with Crippen LogP contribution in [0.4, 0.5) is 5.69 Å². The molecule has 2 N–H and O–H groups in total. The summed E-state index contributed by atoms with van der Waals surface area (Å²) >= 11 is 5.34. The summed E-state index contributed by atoms with van der Waals surface area (Å²) in [7, 11) is 1.64. The Kier molecular flexibility index (Phi) is 5.17. The fourth-order valence-electron chi connectivity index (χ4n) is 3.18. The van der Waals surface area contributed by atoms with E-state index in [1.807, 2.05) is 54.7 Å². The van der Waals surface area contributed by atoms with E-state index in [9.17, 15) is 0 Å². The van der Waals surface area contributed by atoms with Crippen molar-refractivity contribution >= 4 is 50.8 Å². The van der Waals surface area contributed by atoms with Gasteiger partial charge in [-0.3, -0.25) is 5.43 Å². The molecule has 4 aromatic rings. The summed E-state index contributed by atoms with van der Waals surface area (Å²) in [6.45, 7) is 0. The van der Waals surface area contributed by atoms with Crippen molar-refractivity contribution in [3.05, 3.63) is 84.4 Å². The largest absolute Gasteiger partial charge is 0.497 e. The van der Waals surface area contributed by atoms with E-state index in [0.29, 0.717) is 5.11 Å². The molecule has 5 heteroatoms. The quantitative estimate of drug-likeness (QED) is 0.216. The lowest BCUT2D eigenvalue weighted by atomic mass is 9.97. The first-order valence-corrected chi connectivity index (χ1v) is 9.30. The van der Waals surface area contributed by atoms with Gasteiger partial charge >= 0.3 is 0 Å². The Morgan fingerprint density at radius 3 is 2.11 bits per heavy atom. The third-order valence-corrected chi connectivity index (χ3v) is 4.71. The lowest BCUT2D eigenvalue weighted by molar-refractivity contribution is 0.415. The van der Waals surface area contributed by atoms with Crippen molar-refractivity contribution < 1.29 is 4.74 Å². The van der Waals surface area contributed by atoms with Crippen LogP contribution in [-0.4, -0.2) is 18.4 Å². The topological polar surface area (TPSA) is 45.6 Å². The lowest BCUT2D eigenvalue weighted by Crippen LogP contribution is -2.23. The number of ether oxygens (including phenoxy) is 1. The summed E-state index contributed by atoms with van der Waals surface area (Å²) in [6, 6.07) is 26.4. The minimum Gasteiger partial charge on any atom is -0.497 e. The number of rotatable bonds is 4. The molecule has 0 radical (unpaired) electrons. The van der Waals surface area contributed by atoms with Crippen molar-refractivity contribution in [2.24, 2.45) is 5.10 Å². The highest BCUT2D eigenvalue weighted by atomic mass is 32.1. The minimum atomic E-state index is 0.422. The molecule has 4 rings (SSSR count). The third-order valence-electron chi connectivity index (χ3n) is 4.52. The summed E-state index contributed by atoms with van der Waals surface area (Å²) < 4.78 is 5.16. The molecule has 0 atom stereocenters. The van der Waals surface area contributed by atoms with E-state index in [1.54, 1.807) is 7.11 Å². The van der Waals surface area contributed by atoms with Crippen LogP contribution in [0.1, 0.15) is 5.56 Å². The van der Waals surface area contributed by atoms with Crippen LogP contribution in [0.2, 0.25) is 0 Å². The van der Waals surface area contributed by atoms with E-state index in [4.69, 9.17) is 17.0 Å². The van der Waals surface area contributed by atoms with Gasteiger partial charge in [0.1, 0.15) is 5.75 Å². The van der Waals surface area contributed by atoms with Crippen molar-refractivity contribution in [3.8, 4) is 5.75 Å². The number of hydrogen-bond donors (Lipinski definition) is 2. The molecule has 0 amide bonds. The Labute approximate surface area is 168 Å². The summed E-state index contributed by atoms with van der Waals surface area (Å²) in [5, 5.41) is 12.6. The van der Waals surface area contributed by atoms with E-state index < -0.39 is 0 Å². The van der Waals surface area contributed by atoms with Crippen molar-refractivity contribution in [2.45, 2.75) is 0 Å². The standard InChI is InChI=1S/C23H19N3OS/c1-27-19-12-10-18(11-13-19)25-23(28)26-24-15-22-20-8-4-2-6-16(20)14-17-7-3-5-9-21(17)22/h2-15H,1H3,(H2,25,26,28)/b24-15-. The second-order valence-electron chi connectivity index (χ2n) is 6.29. The van der Waals surface area contributed by atoms with Gasteiger partial charge in [-0.1, -0.05) is 48.5 Å².